The van der Waals surface area contributed by atoms with Gasteiger partial charge >= 0.3 is 0 Å². The molecule has 0 aliphatic heterocycles. The lowest BCUT2D eigenvalue weighted by molar-refractivity contribution is -0.140. The molecule has 1 unspecified atom stereocenters. The van der Waals surface area contributed by atoms with Gasteiger partial charge in [-0.25, -0.2) is 17.2 Å². The zero-order valence-electron chi connectivity index (χ0n) is 24.4. The summed E-state index contributed by atoms with van der Waals surface area (Å²) in [7, 11) is -4.44. The number of carbonyl (C=O) groups is 2. The molecule has 0 saturated carbocycles. The third-order valence-corrected chi connectivity index (χ3v) is 8.90. The van der Waals surface area contributed by atoms with E-state index in [1.807, 2.05) is 25.1 Å². The number of rotatable bonds is 14. The van der Waals surface area contributed by atoms with E-state index in [9.17, 15) is 22.4 Å². The van der Waals surface area contributed by atoms with Gasteiger partial charge in [0.25, 0.3) is 10.0 Å². The van der Waals surface area contributed by atoms with Gasteiger partial charge in [-0.2, -0.15) is 0 Å². The lowest BCUT2D eigenvalue weighted by Crippen LogP contribution is -2.53. The molecule has 1 N–H and O–H groups in total. The van der Waals surface area contributed by atoms with Crippen LogP contribution in [0.1, 0.15) is 30.9 Å². The quantitative estimate of drug-likeness (QED) is 0.183. The lowest BCUT2D eigenvalue weighted by atomic mass is 10.0. The fourth-order valence-electron chi connectivity index (χ4n) is 4.76. The molecular weight excluding hydrogens is 584 g/mol. The van der Waals surface area contributed by atoms with Crippen molar-refractivity contribution in [2.24, 2.45) is 0 Å². The summed E-state index contributed by atoms with van der Waals surface area (Å²) in [6, 6.07) is 26.4. The normalized spacial score (nSPS) is 11.9. The van der Waals surface area contributed by atoms with Gasteiger partial charge in [0.1, 0.15) is 24.2 Å². The molecule has 0 aliphatic carbocycles. The Morgan fingerprint density at radius 1 is 0.795 bits per heavy atom. The SMILES string of the molecule is CCCCNC(=O)C(Cc1ccccc1)N(Cc1ccccc1F)C(=O)CN(c1ccccc1F)S(=O)(=O)c1ccccc1. The zero-order chi connectivity index (χ0) is 31.5. The van der Waals surface area contributed by atoms with E-state index in [4.69, 9.17) is 0 Å². The molecule has 7 nitrogen and oxygen atoms in total. The Morgan fingerprint density at radius 3 is 2.02 bits per heavy atom. The highest BCUT2D eigenvalue weighted by molar-refractivity contribution is 7.92. The van der Waals surface area contributed by atoms with Crippen LogP contribution >= 0.6 is 0 Å². The average molecular weight is 620 g/mol. The predicted molar refractivity (Wildman–Crippen MR) is 166 cm³/mol. The number of anilines is 1. The summed E-state index contributed by atoms with van der Waals surface area (Å²) in [5.41, 5.74) is 0.559. The number of nitrogens with zero attached hydrogens (tertiary/aromatic N) is 2. The molecule has 0 heterocycles. The fourth-order valence-corrected chi connectivity index (χ4v) is 6.20. The van der Waals surface area contributed by atoms with E-state index in [-0.39, 0.29) is 29.1 Å². The molecule has 0 aliphatic rings. The van der Waals surface area contributed by atoms with E-state index < -0.39 is 46.1 Å². The molecule has 1 atom stereocenters. The second kappa shape index (κ2) is 15.2. The number of benzene rings is 4. The van der Waals surface area contributed by atoms with E-state index in [1.165, 1.54) is 65.6 Å². The van der Waals surface area contributed by atoms with Crippen LogP contribution in [0.2, 0.25) is 0 Å². The van der Waals surface area contributed by atoms with E-state index in [0.29, 0.717) is 17.3 Å². The molecule has 4 aromatic rings. The topological polar surface area (TPSA) is 86.8 Å². The lowest BCUT2D eigenvalue weighted by Gasteiger charge is -2.34. The first-order chi connectivity index (χ1) is 21.2. The summed E-state index contributed by atoms with van der Waals surface area (Å²) in [6.07, 6.45) is 1.63. The van der Waals surface area contributed by atoms with E-state index >= 15 is 4.39 Å². The van der Waals surface area contributed by atoms with Crippen molar-refractivity contribution in [1.82, 2.24) is 10.2 Å². The third kappa shape index (κ3) is 8.08. The van der Waals surface area contributed by atoms with Crippen LogP contribution in [-0.2, 0) is 32.6 Å². The maximum atomic E-state index is 15.1. The molecule has 0 fully saturated rings. The number of para-hydroxylation sites is 1. The molecule has 0 spiro atoms. The van der Waals surface area contributed by atoms with Crippen LogP contribution in [0.4, 0.5) is 14.5 Å². The van der Waals surface area contributed by atoms with Crippen LogP contribution in [0.15, 0.2) is 114 Å². The maximum absolute atomic E-state index is 15.1. The standard InChI is InChI=1S/C34H35F2N3O4S/c1-2-3-22-37-34(41)32(23-26-14-6-4-7-15-26)38(24-27-16-10-11-19-29(27)35)33(40)25-39(31-21-13-12-20-30(31)36)44(42,43)28-17-8-5-9-18-28/h4-21,32H,2-3,22-25H2,1H3,(H,37,41). The number of hydrogen-bond donors (Lipinski definition) is 1. The third-order valence-electron chi connectivity index (χ3n) is 7.13. The first-order valence-electron chi connectivity index (χ1n) is 14.4. The van der Waals surface area contributed by atoms with Gasteiger partial charge in [-0.1, -0.05) is 92.2 Å². The Bertz CT molecular complexity index is 1650. The van der Waals surface area contributed by atoms with Crippen molar-refractivity contribution >= 4 is 27.5 Å². The van der Waals surface area contributed by atoms with Gasteiger partial charge in [0, 0.05) is 25.1 Å². The second-order valence-electron chi connectivity index (χ2n) is 10.2. The van der Waals surface area contributed by atoms with Crippen molar-refractivity contribution in [2.45, 2.75) is 43.7 Å². The Balaban J connectivity index is 1.80. The van der Waals surface area contributed by atoms with Crippen LogP contribution in [0.25, 0.3) is 0 Å². The van der Waals surface area contributed by atoms with Crippen molar-refractivity contribution in [1.29, 1.82) is 0 Å². The minimum absolute atomic E-state index is 0.0874. The van der Waals surface area contributed by atoms with Crippen LogP contribution in [0, 0.1) is 11.6 Å². The van der Waals surface area contributed by atoms with E-state index in [0.717, 1.165) is 18.1 Å². The molecule has 0 saturated heterocycles. The highest BCUT2D eigenvalue weighted by Crippen LogP contribution is 2.27. The largest absolute Gasteiger partial charge is 0.354 e. The molecule has 0 bridgehead atoms. The Morgan fingerprint density at radius 2 is 1.39 bits per heavy atom. The first kappa shape index (κ1) is 32.3. The van der Waals surface area contributed by atoms with Gasteiger partial charge in [-0.15, -0.1) is 0 Å². The van der Waals surface area contributed by atoms with Gasteiger partial charge < -0.3 is 10.2 Å². The van der Waals surface area contributed by atoms with Gasteiger partial charge in [0.15, 0.2) is 0 Å². The van der Waals surface area contributed by atoms with Gasteiger partial charge in [-0.3, -0.25) is 13.9 Å². The Kier molecular flexibility index (Phi) is 11.2. The number of carbonyl (C=O) groups excluding carboxylic acids is 2. The molecule has 10 heteroatoms. The maximum Gasteiger partial charge on any atom is 0.264 e. The highest BCUT2D eigenvalue weighted by Gasteiger charge is 2.35. The Hall–Kier alpha value is -4.57. The van der Waals surface area contributed by atoms with Crippen molar-refractivity contribution in [3.8, 4) is 0 Å². The molecule has 0 radical (unpaired) electrons. The molecule has 4 rings (SSSR count). The molecule has 0 aromatic heterocycles. The molecule has 230 valence electrons. The fraction of sp³-hybridized carbons (Fsp3) is 0.235. The number of amides is 2. The minimum Gasteiger partial charge on any atom is -0.354 e. The smallest absolute Gasteiger partial charge is 0.264 e. The van der Waals surface area contributed by atoms with Crippen LogP contribution in [0.5, 0.6) is 0 Å². The summed E-state index contributed by atoms with van der Waals surface area (Å²) >= 11 is 0. The molecular formula is C34H35F2N3O4S. The summed E-state index contributed by atoms with van der Waals surface area (Å²) in [5.74, 6) is -2.70. The number of hydrogen-bond acceptors (Lipinski definition) is 4. The number of unbranched alkanes of at least 4 members (excludes halogenated alkanes) is 1. The zero-order valence-corrected chi connectivity index (χ0v) is 25.2. The minimum atomic E-state index is -4.44. The average Bonchev–Trinajstić information content (AvgIpc) is 3.03. The van der Waals surface area contributed by atoms with Crippen molar-refractivity contribution in [3.05, 3.63) is 132 Å². The van der Waals surface area contributed by atoms with Crippen LogP contribution in [0.3, 0.4) is 0 Å². The van der Waals surface area contributed by atoms with Gasteiger partial charge in [0.2, 0.25) is 11.8 Å². The second-order valence-corrected chi connectivity index (χ2v) is 12.1. The number of nitrogens with one attached hydrogen (secondary N) is 1. The molecule has 4 aromatic carbocycles. The molecule has 44 heavy (non-hydrogen) atoms. The first-order valence-corrected chi connectivity index (χ1v) is 15.8. The van der Waals surface area contributed by atoms with Crippen molar-refractivity contribution in [2.75, 3.05) is 17.4 Å². The molecule has 2 amide bonds. The van der Waals surface area contributed by atoms with Crippen LogP contribution in [-0.4, -0.2) is 44.3 Å². The summed E-state index contributed by atoms with van der Waals surface area (Å²) in [5, 5.41) is 2.87. The summed E-state index contributed by atoms with van der Waals surface area (Å²) < 4.78 is 58.5. The monoisotopic (exact) mass is 619 g/mol. The van der Waals surface area contributed by atoms with Crippen molar-refractivity contribution < 1.29 is 26.8 Å². The Labute approximate surface area is 257 Å². The summed E-state index contributed by atoms with van der Waals surface area (Å²) in [6.45, 7) is 1.19. The number of halogens is 2. The van der Waals surface area contributed by atoms with Crippen molar-refractivity contribution in [3.63, 3.8) is 0 Å². The summed E-state index contributed by atoms with van der Waals surface area (Å²) in [4.78, 5) is 29.0. The van der Waals surface area contributed by atoms with Crippen LogP contribution < -0.4 is 9.62 Å². The van der Waals surface area contributed by atoms with Gasteiger partial charge in [0.05, 0.1) is 10.6 Å². The van der Waals surface area contributed by atoms with E-state index in [1.54, 1.807) is 24.3 Å². The highest BCUT2D eigenvalue weighted by atomic mass is 32.2. The number of sulfonamides is 1. The predicted octanol–water partition coefficient (Wildman–Crippen LogP) is 5.72. The van der Waals surface area contributed by atoms with Gasteiger partial charge in [-0.05, 0) is 42.3 Å². The van der Waals surface area contributed by atoms with E-state index in [2.05, 4.69) is 5.32 Å².